The second-order valence-corrected chi connectivity index (χ2v) is 8.17. The Labute approximate surface area is 161 Å². The average Bonchev–Trinajstić information content (AvgIpc) is 3.41. The molecule has 138 valence electrons. The number of thiophene rings is 1. The van der Waals surface area contributed by atoms with Crippen molar-refractivity contribution < 1.29 is 9.15 Å². The van der Waals surface area contributed by atoms with Crippen LogP contribution in [0.25, 0.3) is 9.88 Å². The molecule has 1 aliphatic rings. The summed E-state index contributed by atoms with van der Waals surface area (Å²) in [4.78, 5) is 8.42. The Balaban J connectivity index is 1.38. The first-order valence-electron chi connectivity index (χ1n) is 8.87. The van der Waals surface area contributed by atoms with E-state index < -0.39 is 0 Å². The van der Waals surface area contributed by atoms with Crippen LogP contribution in [0.2, 0.25) is 0 Å². The highest BCUT2D eigenvalue weighted by Gasteiger charge is 2.24. The minimum Gasteiger partial charge on any atom is -0.465 e. The zero-order valence-electron chi connectivity index (χ0n) is 14.8. The topological polar surface area (TPSA) is 50.5 Å². The van der Waals surface area contributed by atoms with Crippen LogP contribution < -0.4 is 5.32 Å². The van der Waals surface area contributed by atoms with Crippen molar-refractivity contribution in [3.8, 4) is 9.88 Å². The molecule has 1 saturated heterocycles. The van der Waals surface area contributed by atoms with Gasteiger partial charge in [0.25, 0.3) is 0 Å². The van der Waals surface area contributed by atoms with E-state index in [1.165, 1.54) is 4.88 Å². The quantitative estimate of drug-likeness (QED) is 0.663. The fourth-order valence-electron chi connectivity index (χ4n) is 3.17. The SMILES string of the molecule is Cc1ccc(C(CNCc2csc(-c3cccs3)n2)N2CCOCC2)o1. The van der Waals surface area contributed by atoms with Crippen molar-refractivity contribution >= 4 is 22.7 Å². The van der Waals surface area contributed by atoms with Gasteiger partial charge in [-0.1, -0.05) is 6.07 Å². The van der Waals surface area contributed by atoms with Crippen LogP contribution in [0.1, 0.15) is 23.3 Å². The fraction of sp³-hybridized carbons (Fsp3) is 0.421. The van der Waals surface area contributed by atoms with Gasteiger partial charge in [0.15, 0.2) is 0 Å². The van der Waals surface area contributed by atoms with Gasteiger partial charge in [0.1, 0.15) is 16.5 Å². The van der Waals surface area contributed by atoms with Gasteiger partial charge < -0.3 is 14.5 Å². The van der Waals surface area contributed by atoms with Crippen LogP contribution in [0.15, 0.2) is 39.4 Å². The van der Waals surface area contributed by atoms with Crippen LogP contribution in [0.4, 0.5) is 0 Å². The molecule has 1 fully saturated rings. The van der Waals surface area contributed by atoms with Crippen molar-refractivity contribution in [1.82, 2.24) is 15.2 Å². The van der Waals surface area contributed by atoms with Crippen molar-refractivity contribution in [2.45, 2.75) is 19.5 Å². The smallest absolute Gasteiger partial charge is 0.133 e. The summed E-state index contributed by atoms with van der Waals surface area (Å²) < 4.78 is 11.4. The van der Waals surface area contributed by atoms with Gasteiger partial charge in [0, 0.05) is 31.6 Å². The molecule has 4 rings (SSSR count). The van der Waals surface area contributed by atoms with E-state index in [4.69, 9.17) is 14.1 Å². The highest BCUT2D eigenvalue weighted by molar-refractivity contribution is 7.20. The number of hydrogen-bond acceptors (Lipinski definition) is 7. The summed E-state index contributed by atoms with van der Waals surface area (Å²) in [7, 11) is 0. The van der Waals surface area contributed by atoms with Gasteiger partial charge in [0.2, 0.25) is 0 Å². The third-order valence-electron chi connectivity index (χ3n) is 4.50. The molecule has 3 aromatic heterocycles. The van der Waals surface area contributed by atoms with E-state index in [0.29, 0.717) is 0 Å². The van der Waals surface area contributed by atoms with Gasteiger partial charge in [-0.25, -0.2) is 4.98 Å². The molecular weight excluding hydrogens is 366 g/mol. The summed E-state index contributed by atoms with van der Waals surface area (Å²) in [6.45, 7) is 7.03. The zero-order valence-corrected chi connectivity index (χ0v) is 16.4. The molecule has 1 N–H and O–H groups in total. The lowest BCUT2D eigenvalue weighted by atomic mass is 10.1. The van der Waals surface area contributed by atoms with Gasteiger partial charge in [-0.3, -0.25) is 4.90 Å². The molecule has 0 aromatic carbocycles. The van der Waals surface area contributed by atoms with Crippen LogP contribution in [-0.2, 0) is 11.3 Å². The molecule has 26 heavy (non-hydrogen) atoms. The van der Waals surface area contributed by atoms with Crippen LogP contribution in [0.5, 0.6) is 0 Å². The Bertz CT molecular complexity index is 806. The largest absolute Gasteiger partial charge is 0.465 e. The molecule has 0 amide bonds. The third kappa shape index (κ3) is 4.24. The molecule has 1 aliphatic heterocycles. The molecule has 1 unspecified atom stereocenters. The number of morpholine rings is 1. The van der Waals surface area contributed by atoms with Gasteiger partial charge in [-0.15, -0.1) is 22.7 Å². The second-order valence-electron chi connectivity index (χ2n) is 6.36. The van der Waals surface area contributed by atoms with Crippen molar-refractivity contribution in [3.05, 3.63) is 52.2 Å². The highest BCUT2D eigenvalue weighted by Crippen LogP contribution is 2.28. The second kappa shape index (κ2) is 8.45. The minimum absolute atomic E-state index is 0.225. The maximum atomic E-state index is 5.92. The Morgan fingerprint density at radius 1 is 1.23 bits per heavy atom. The van der Waals surface area contributed by atoms with Crippen LogP contribution in [0.3, 0.4) is 0 Å². The van der Waals surface area contributed by atoms with Gasteiger partial charge in [0.05, 0.1) is 29.8 Å². The van der Waals surface area contributed by atoms with Crippen LogP contribution in [0, 0.1) is 6.92 Å². The fourth-order valence-corrected chi connectivity index (χ4v) is 4.80. The molecule has 5 nitrogen and oxygen atoms in total. The zero-order chi connectivity index (χ0) is 17.8. The van der Waals surface area contributed by atoms with E-state index in [9.17, 15) is 0 Å². The number of nitrogens with zero attached hydrogens (tertiary/aromatic N) is 2. The van der Waals surface area contributed by atoms with E-state index in [0.717, 1.165) is 61.6 Å². The molecule has 0 saturated carbocycles. The number of aromatic nitrogens is 1. The first kappa shape index (κ1) is 17.9. The monoisotopic (exact) mass is 389 g/mol. The molecule has 7 heteroatoms. The minimum atomic E-state index is 0.225. The predicted molar refractivity (Wildman–Crippen MR) is 106 cm³/mol. The first-order chi connectivity index (χ1) is 12.8. The summed E-state index contributed by atoms with van der Waals surface area (Å²) in [6, 6.07) is 8.54. The van der Waals surface area contributed by atoms with Crippen molar-refractivity contribution in [1.29, 1.82) is 0 Å². The van der Waals surface area contributed by atoms with Gasteiger partial charge in [-0.05, 0) is 30.5 Å². The molecule has 0 radical (unpaired) electrons. The number of ether oxygens (including phenoxy) is 1. The molecule has 1 atom stereocenters. The van der Waals surface area contributed by atoms with E-state index in [1.54, 1.807) is 22.7 Å². The molecule has 0 bridgehead atoms. The van der Waals surface area contributed by atoms with E-state index in [1.807, 2.05) is 13.0 Å². The third-order valence-corrected chi connectivity index (χ3v) is 6.43. The Morgan fingerprint density at radius 2 is 2.12 bits per heavy atom. The number of hydrogen-bond donors (Lipinski definition) is 1. The number of nitrogens with one attached hydrogen (secondary N) is 1. The van der Waals surface area contributed by atoms with E-state index >= 15 is 0 Å². The standard InChI is InChI=1S/C19H23N3O2S2/c1-14-4-5-17(24-14)16(22-6-8-23-9-7-22)12-20-11-15-13-26-19(21-15)18-3-2-10-25-18/h2-5,10,13,16,20H,6-9,11-12H2,1H3. The van der Waals surface area contributed by atoms with Crippen LogP contribution in [-0.4, -0.2) is 42.7 Å². The van der Waals surface area contributed by atoms with Crippen molar-refractivity contribution in [2.75, 3.05) is 32.8 Å². The molecule has 3 aromatic rings. The van der Waals surface area contributed by atoms with E-state index in [-0.39, 0.29) is 6.04 Å². The van der Waals surface area contributed by atoms with Gasteiger partial charge in [-0.2, -0.15) is 0 Å². The predicted octanol–water partition coefficient (Wildman–Crippen LogP) is 3.94. The number of aryl methyl sites for hydroxylation is 1. The highest BCUT2D eigenvalue weighted by atomic mass is 32.1. The summed E-state index contributed by atoms with van der Waals surface area (Å²) in [5.74, 6) is 1.98. The number of furan rings is 1. The van der Waals surface area contributed by atoms with Crippen molar-refractivity contribution in [3.63, 3.8) is 0 Å². The lowest BCUT2D eigenvalue weighted by Gasteiger charge is -2.33. The van der Waals surface area contributed by atoms with Crippen molar-refractivity contribution in [2.24, 2.45) is 0 Å². The molecule has 0 aliphatic carbocycles. The first-order valence-corrected chi connectivity index (χ1v) is 10.6. The Morgan fingerprint density at radius 3 is 2.85 bits per heavy atom. The summed E-state index contributed by atoms with van der Waals surface area (Å²) in [5, 5.41) is 8.90. The number of rotatable bonds is 7. The Kier molecular flexibility index (Phi) is 5.81. The number of thiazole rings is 1. The summed E-state index contributed by atoms with van der Waals surface area (Å²) in [5.41, 5.74) is 1.09. The molecule has 0 spiro atoms. The normalized spacial score (nSPS) is 16.8. The Hall–Kier alpha value is -1.51. The molecule has 4 heterocycles. The van der Waals surface area contributed by atoms with Gasteiger partial charge >= 0.3 is 0 Å². The van der Waals surface area contributed by atoms with E-state index in [2.05, 4.69) is 39.2 Å². The average molecular weight is 390 g/mol. The lowest BCUT2D eigenvalue weighted by molar-refractivity contribution is 0.0115. The maximum absolute atomic E-state index is 5.92. The lowest BCUT2D eigenvalue weighted by Crippen LogP contribution is -2.42. The summed E-state index contributed by atoms with van der Waals surface area (Å²) in [6.07, 6.45) is 0. The van der Waals surface area contributed by atoms with Crippen LogP contribution >= 0.6 is 22.7 Å². The summed E-state index contributed by atoms with van der Waals surface area (Å²) >= 11 is 3.44. The molecular formula is C19H23N3O2S2. The maximum Gasteiger partial charge on any atom is 0.133 e.